The molecule has 2 heterocycles. The average Bonchev–Trinajstić information content (AvgIpc) is 3.22. The molecule has 0 amide bonds. The van der Waals surface area contributed by atoms with Crippen LogP contribution in [0.5, 0.6) is 0 Å². The van der Waals surface area contributed by atoms with Gasteiger partial charge >= 0.3 is 5.69 Å². The maximum atomic E-state index is 13.5. The van der Waals surface area contributed by atoms with Crippen molar-refractivity contribution in [1.29, 1.82) is 0 Å². The Balaban J connectivity index is 1.83. The second-order valence-electron chi connectivity index (χ2n) is 8.59. The molecule has 11 heteroatoms. The number of hydrogen-bond acceptors (Lipinski definition) is 7. The van der Waals surface area contributed by atoms with Crippen LogP contribution in [0.1, 0.15) is 23.7 Å². The normalized spacial score (nSPS) is 15.3. The van der Waals surface area contributed by atoms with Crippen molar-refractivity contribution in [2.45, 2.75) is 30.6 Å². The summed E-state index contributed by atoms with van der Waals surface area (Å²) in [6.07, 6.45) is -0.223. The number of hydrogen-bond donors (Lipinski definition) is 2. The Labute approximate surface area is 203 Å². The van der Waals surface area contributed by atoms with Crippen molar-refractivity contribution < 1.29 is 13.5 Å². The molecule has 0 fully saturated rings. The summed E-state index contributed by atoms with van der Waals surface area (Å²) in [6.45, 7) is 0.358. The van der Waals surface area contributed by atoms with Gasteiger partial charge < -0.3 is 15.3 Å². The van der Waals surface area contributed by atoms with Crippen LogP contribution in [-0.2, 0) is 30.2 Å². The lowest BCUT2D eigenvalue weighted by Gasteiger charge is -2.27. The molecule has 1 aliphatic heterocycles. The largest absolute Gasteiger partial charge is 0.396 e. The molecule has 0 radical (unpaired) electrons. The molecule has 1 aliphatic rings. The van der Waals surface area contributed by atoms with Crippen LogP contribution in [0.4, 0.5) is 11.5 Å². The van der Waals surface area contributed by atoms with Crippen molar-refractivity contribution in [2.24, 2.45) is 7.05 Å². The number of aromatic nitrogens is 2. The third kappa shape index (κ3) is 4.49. The standard InChI is InChI=1S/C24H29N5O5S/c1-26(2)35(33,34)19-12-10-18(11-13-19)21-25-22-20(29(21)16-17-8-5-4-6-9-17)23(31)28(14-7-15-30)24(32)27(22)3/h4-6,8-13,21,25,30H,7,14-16H2,1-3H3. The van der Waals surface area contributed by atoms with Crippen LogP contribution in [0.25, 0.3) is 0 Å². The zero-order valence-corrected chi connectivity index (χ0v) is 20.7. The van der Waals surface area contributed by atoms with Crippen molar-refractivity contribution in [3.8, 4) is 0 Å². The summed E-state index contributed by atoms with van der Waals surface area (Å²) in [4.78, 5) is 28.4. The van der Waals surface area contributed by atoms with E-state index < -0.39 is 27.4 Å². The zero-order chi connectivity index (χ0) is 25.3. The molecule has 0 bridgehead atoms. The van der Waals surface area contributed by atoms with Crippen molar-refractivity contribution >= 4 is 21.5 Å². The Morgan fingerprint density at radius 2 is 1.69 bits per heavy atom. The fourth-order valence-corrected chi connectivity index (χ4v) is 5.09. The number of fused-ring (bicyclic) bond motifs is 1. The summed E-state index contributed by atoms with van der Waals surface area (Å²) in [5, 5.41) is 12.5. The molecule has 0 aliphatic carbocycles. The second kappa shape index (κ2) is 9.68. The molecular formula is C24H29N5O5S. The second-order valence-corrected chi connectivity index (χ2v) is 10.7. The van der Waals surface area contributed by atoms with Gasteiger partial charge in [-0.05, 0) is 29.7 Å². The number of rotatable bonds is 8. The predicted molar refractivity (Wildman–Crippen MR) is 134 cm³/mol. The molecule has 186 valence electrons. The van der Waals surface area contributed by atoms with Gasteiger partial charge in [-0.3, -0.25) is 13.9 Å². The van der Waals surface area contributed by atoms with Crippen LogP contribution < -0.4 is 21.5 Å². The van der Waals surface area contributed by atoms with Crippen LogP contribution in [-0.4, -0.2) is 47.7 Å². The molecule has 0 spiro atoms. The van der Waals surface area contributed by atoms with E-state index in [1.165, 1.54) is 30.8 Å². The maximum absolute atomic E-state index is 13.5. The molecule has 1 aromatic heterocycles. The molecule has 2 N–H and O–H groups in total. The topological polar surface area (TPSA) is 117 Å². The highest BCUT2D eigenvalue weighted by Crippen LogP contribution is 2.39. The minimum absolute atomic E-state index is 0.107. The predicted octanol–water partition coefficient (Wildman–Crippen LogP) is 1.31. The summed E-state index contributed by atoms with van der Waals surface area (Å²) in [5.74, 6) is 0.395. The first-order chi connectivity index (χ1) is 16.7. The van der Waals surface area contributed by atoms with Gasteiger partial charge in [0.15, 0.2) is 0 Å². The Morgan fingerprint density at radius 3 is 2.29 bits per heavy atom. The molecule has 4 rings (SSSR count). The summed E-state index contributed by atoms with van der Waals surface area (Å²) >= 11 is 0. The Bertz CT molecular complexity index is 1430. The number of aliphatic hydroxyl groups is 1. The van der Waals surface area contributed by atoms with Gasteiger partial charge in [-0.25, -0.2) is 17.5 Å². The molecule has 3 aromatic rings. The highest BCUT2D eigenvalue weighted by molar-refractivity contribution is 7.89. The van der Waals surface area contributed by atoms with Crippen LogP contribution in [0.15, 0.2) is 69.1 Å². The Kier molecular flexibility index (Phi) is 6.84. The first-order valence-corrected chi connectivity index (χ1v) is 12.6. The SMILES string of the molecule is CN(C)S(=O)(=O)c1ccc(C2Nc3c(c(=O)n(CCCO)c(=O)n3C)N2Cc2ccccc2)cc1. The minimum atomic E-state index is -3.59. The minimum Gasteiger partial charge on any atom is -0.396 e. The van der Waals surface area contributed by atoms with E-state index in [1.807, 2.05) is 35.2 Å². The zero-order valence-electron chi connectivity index (χ0n) is 19.9. The van der Waals surface area contributed by atoms with E-state index in [0.717, 1.165) is 20.0 Å². The summed E-state index contributed by atoms with van der Waals surface area (Å²) < 4.78 is 28.7. The van der Waals surface area contributed by atoms with Gasteiger partial charge in [0.25, 0.3) is 5.56 Å². The lowest BCUT2D eigenvalue weighted by atomic mass is 10.1. The van der Waals surface area contributed by atoms with Gasteiger partial charge in [-0.15, -0.1) is 0 Å². The molecule has 0 saturated carbocycles. The molecule has 10 nitrogen and oxygen atoms in total. The van der Waals surface area contributed by atoms with E-state index in [1.54, 1.807) is 19.2 Å². The third-order valence-corrected chi connectivity index (χ3v) is 7.94. The fourth-order valence-electron chi connectivity index (χ4n) is 4.18. The first kappa shape index (κ1) is 24.7. The lowest BCUT2D eigenvalue weighted by Crippen LogP contribution is -2.41. The van der Waals surface area contributed by atoms with E-state index in [-0.39, 0.29) is 24.5 Å². The van der Waals surface area contributed by atoms with E-state index >= 15 is 0 Å². The molecule has 35 heavy (non-hydrogen) atoms. The molecule has 2 aromatic carbocycles. The van der Waals surface area contributed by atoms with E-state index in [0.29, 0.717) is 18.1 Å². The highest BCUT2D eigenvalue weighted by atomic mass is 32.2. The van der Waals surface area contributed by atoms with Crippen LogP contribution >= 0.6 is 0 Å². The fraction of sp³-hybridized carbons (Fsp3) is 0.333. The maximum Gasteiger partial charge on any atom is 0.332 e. The van der Waals surface area contributed by atoms with Gasteiger partial charge in [0.1, 0.15) is 17.7 Å². The van der Waals surface area contributed by atoms with Crippen LogP contribution in [0.2, 0.25) is 0 Å². The number of nitrogens with one attached hydrogen (secondary N) is 1. The van der Waals surface area contributed by atoms with Gasteiger partial charge in [0, 0.05) is 40.8 Å². The number of anilines is 2. The van der Waals surface area contributed by atoms with Crippen LogP contribution in [0.3, 0.4) is 0 Å². The number of aliphatic hydroxyl groups excluding tert-OH is 1. The summed E-state index contributed by atoms with van der Waals surface area (Å²) in [5.41, 5.74) is 1.15. The quantitative estimate of drug-likeness (QED) is 0.480. The van der Waals surface area contributed by atoms with Gasteiger partial charge in [0.2, 0.25) is 10.0 Å². The van der Waals surface area contributed by atoms with Gasteiger partial charge in [0.05, 0.1) is 4.90 Å². The van der Waals surface area contributed by atoms with Gasteiger partial charge in [-0.2, -0.15) is 0 Å². The van der Waals surface area contributed by atoms with Crippen molar-refractivity contribution in [3.63, 3.8) is 0 Å². The lowest BCUT2D eigenvalue weighted by molar-refractivity contribution is 0.277. The van der Waals surface area contributed by atoms with Crippen molar-refractivity contribution in [3.05, 3.63) is 86.6 Å². The number of nitrogens with zero attached hydrogens (tertiary/aromatic N) is 4. The van der Waals surface area contributed by atoms with E-state index in [2.05, 4.69) is 5.32 Å². The van der Waals surface area contributed by atoms with Gasteiger partial charge in [-0.1, -0.05) is 42.5 Å². The number of sulfonamides is 1. The van der Waals surface area contributed by atoms with Crippen molar-refractivity contribution in [1.82, 2.24) is 13.4 Å². The highest BCUT2D eigenvalue weighted by Gasteiger charge is 2.36. The monoisotopic (exact) mass is 499 g/mol. The Hall–Kier alpha value is -3.41. The van der Waals surface area contributed by atoms with E-state index in [4.69, 9.17) is 0 Å². The average molecular weight is 500 g/mol. The summed E-state index contributed by atoms with van der Waals surface area (Å²) in [7, 11) is 0.959. The van der Waals surface area contributed by atoms with E-state index in [9.17, 15) is 23.1 Å². The number of benzene rings is 2. The molecular weight excluding hydrogens is 470 g/mol. The smallest absolute Gasteiger partial charge is 0.332 e. The van der Waals surface area contributed by atoms with Crippen LogP contribution in [0, 0.1) is 0 Å². The van der Waals surface area contributed by atoms with Crippen molar-refractivity contribution in [2.75, 3.05) is 30.9 Å². The molecule has 0 saturated heterocycles. The Morgan fingerprint density at radius 1 is 1.03 bits per heavy atom. The molecule has 1 atom stereocenters. The summed E-state index contributed by atoms with van der Waals surface area (Å²) in [6, 6.07) is 16.1. The third-order valence-electron chi connectivity index (χ3n) is 6.11. The molecule has 1 unspecified atom stereocenters. The first-order valence-electron chi connectivity index (χ1n) is 11.2.